The quantitative estimate of drug-likeness (QED) is 0.415. The molecular weight excluding hydrogens is 418 g/mol. The molecule has 9 heteroatoms. The third kappa shape index (κ3) is 3.84. The van der Waals surface area contributed by atoms with Gasteiger partial charge in [-0.1, -0.05) is 53.7 Å². The summed E-state index contributed by atoms with van der Waals surface area (Å²) in [6.45, 7) is 0. The van der Waals surface area contributed by atoms with Gasteiger partial charge in [-0.05, 0) is 18.2 Å². The summed E-state index contributed by atoms with van der Waals surface area (Å²) in [6.07, 6.45) is 0. The van der Waals surface area contributed by atoms with Gasteiger partial charge in [-0.2, -0.15) is 0 Å². The summed E-state index contributed by atoms with van der Waals surface area (Å²) >= 11 is 9.09. The van der Waals surface area contributed by atoms with Crippen molar-refractivity contribution in [3.05, 3.63) is 53.6 Å². The lowest BCUT2D eigenvalue weighted by Gasteiger charge is -2.08. The van der Waals surface area contributed by atoms with E-state index in [0.717, 1.165) is 26.7 Å². The summed E-state index contributed by atoms with van der Waals surface area (Å²) in [4.78, 5) is 12.9. The highest BCUT2D eigenvalue weighted by atomic mass is 35.5. The van der Waals surface area contributed by atoms with E-state index in [0.29, 0.717) is 27.6 Å². The Morgan fingerprint density at radius 2 is 2.00 bits per heavy atom. The number of aromatic nitrogens is 2. The zero-order chi connectivity index (χ0) is 19.5. The molecule has 0 saturated heterocycles. The fourth-order valence-electron chi connectivity index (χ4n) is 2.57. The van der Waals surface area contributed by atoms with Crippen molar-refractivity contribution in [2.45, 2.75) is 5.22 Å². The second kappa shape index (κ2) is 8.22. The Morgan fingerprint density at radius 3 is 2.82 bits per heavy atom. The molecule has 142 valence electrons. The van der Waals surface area contributed by atoms with Crippen molar-refractivity contribution in [2.75, 3.05) is 18.2 Å². The van der Waals surface area contributed by atoms with Crippen molar-refractivity contribution in [3.8, 4) is 16.5 Å². The molecule has 1 amide bonds. The average molecular weight is 432 g/mol. The summed E-state index contributed by atoms with van der Waals surface area (Å²) in [5, 5.41) is 12.7. The number of carbonyl (C=O) groups is 1. The van der Waals surface area contributed by atoms with Crippen LogP contribution >= 0.6 is 34.7 Å². The lowest BCUT2D eigenvalue weighted by molar-refractivity contribution is -0.113. The molecule has 6 nitrogen and oxygen atoms in total. The molecule has 1 N–H and O–H groups in total. The van der Waals surface area contributed by atoms with E-state index in [1.165, 1.54) is 11.3 Å². The Kier molecular flexibility index (Phi) is 5.52. The molecule has 2 heterocycles. The number of ether oxygens (including phenoxy) is 1. The molecule has 0 aliphatic carbocycles. The Labute approximate surface area is 173 Å². The normalized spacial score (nSPS) is 10.9. The highest BCUT2D eigenvalue weighted by molar-refractivity contribution is 7.99. The van der Waals surface area contributed by atoms with Gasteiger partial charge in [0, 0.05) is 10.1 Å². The van der Waals surface area contributed by atoms with Gasteiger partial charge in [-0.15, -0.1) is 21.5 Å². The van der Waals surface area contributed by atoms with Crippen molar-refractivity contribution < 1.29 is 13.9 Å². The number of fused-ring (bicyclic) bond motifs is 1. The Bertz CT molecular complexity index is 1140. The maximum atomic E-state index is 12.2. The Morgan fingerprint density at radius 1 is 1.21 bits per heavy atom. The maximum Gasteiger partial charge on any atom is 0.277 e. The molecule has 2 aromatic carbocycles. The first-order valence-electron chi connectivity index (χ1n) is 8.22. The van der Waals surface area contributed by atoms with Gasteiger partial charge < -0.3 is 14.5 Å². The number of halogens is 1. The number of rotatable bonds is 6. The first kappa shape index (κ1) is 18.8. The molecule has 0 saturated carbocycles. The lowest BCUT2D eigenvalue weighted by Crippen LogP contribution is -2.14. The zero-order valence-corrected chi connectivity index (χ0v) is 17.0. The average Bonchev–Trinajstić information content (AvgIpc) is 3.32. The fourth-order valence-corrected chi connectivity index (χ4v) is 4.57. The maximum absolute atomic E-state index is 12.2. The van der Waals surface area contributed by atoms with E-state index < -0.39 is 0 Å². The largest absolute Gasteiger partial charge is 0.495 e. The van der Waals surface area contributed by atoms with Gasteiger partial charge in [0.05, 0.1) is 23.6 Å². The van der Waals surface area contributed by atoms with Crippen molar-refractivity contribution in [2.24, 2.45) is 0 Å². The van der Waals surface area contributed by atoms with Gasteiger partial charge in [0.1, 0.15) is 10.6 Å². The molecule has 0 unspecified atom stereocenters. The van der Waals surface area contributed by atoms with Crippen LogP contribution in [0.3, 0.4) is 0 Å². The van der Waals surface area contributed by atoms with Crippen molar-refractivity contribution in [1.82, 2.24) is 10.2 Å². The molecule has 0 spiro atoms. The van der Waals surface area contributed by atoms with Gasteiger partial charge in [0.15, 0.2) is 0 Å². The van der Waals surface area contributed by atoms with E-state index in [1.54, 1.807) is 19.2 Å². The van der Waals surface area contributed by atoms with Crippen LogP contribution < -0.4 is 10.1 Å². The number of hydrogen-bond acceptors (Lipinski definition) is 7. The van der Waals surface area contributed by atoms with Crippen LogP contribution in [-0.2, 0) is 4.79 Å². The topological polar surface area (TPSA) is 77.2 Å². The van der Waals surface area contributed by atoms with Crippen LogP contribution in [0.15, 0.2) is 58.2 Å². The van der Waals surface area contributed by atoms with Crippen LogP contribution in [0.5, 0.6) is 5.75 Å². The van der Waals surface area contributed by atoms with Gasteiger partial charge in [-0.25, -0.2) is 0 Å². The van der Waals surface area contributed by atoms with E-state index >= 15 is 0 Å². The summed E-state index contributed by atoms with van der Waals surface area (Å²) < 4.78 is 12.0. The third-order valence-electron chi connectivity index (χ3n) is 3.84. The molecule has 4 rings (SSSR count). The predicted octanol–water partition coefficient (Wildman–Crippen LogP) is 5.34. The van der Waals surface area contributed by atoms with Crippen LogP contribution in [0.1, 0.15) is 0 Å². The van der Waals surface area contributed by atoms with Gasteiger partial charge in [0.2, 0.25) is 5.91 Å². The monoisotopic (exact) mass is 431 g/mol. The van der Waals surface area contributed by atoms with E-state index in [1.807, 2.05) is 36.4 Å². The number of benzene rings is 2. The highest BCUT2D eigenvalue weighted by Gasteiger charge is 2.18. The van der Waals surface area contributed by atoms with Crippen LogP contribution in [0.2, 0.25) is 5.02 Å². The standard InChI is InChI=1S/C19H14ClN3O3S2/c1-25-13-8-4-3-7-12(13)21-15(24)10-27-19-23-22-18(26-19)17-16(20)11-6-2-5-9-14(11)28-17/h2-9H,10H2,1H3,(H,21,24). The number of amides is 1. The van der Waals surface area contributed by atoms with E-state index in [2.05, 4.69) is 15.5 Å². The molecule has 0 bridgehead atoms. The highest BCUT2D eigenvalue weighted by Crippen LogP contribution is 2.41. The molecule has 0 aliphatic rings. The molecule has 28 heavy (non-hydrogen) atoms. The summed E-state index contributed by atoms with van der Waals surface area (Å²) in [5.74, 6) is 0.869. The third-order valence-corrected chi connectivity index (χ3v) is 6.33. The molecular formula is C19H14ClN3O3S2. The smallest absolute Gasteiger partial charge is 0.277 e. The molecule has 2 aromatic heterocycles. The second-order valence-corrected chi connectivity index (χ2v) is 8.01. The minimum absolute atomic E-state index is 0.125. The SMILES string of the molecule is COc1ccccc1NC(=O)CSc1nnc(-c2sc3ccccc3c2Cl)o1. The number of anilines is 1. The number of carbonyl (C=O) groups excluding carboxylic acids is 1. The van der Waals surface area contributed by atoms with Crippen molar-refractivity contribution >= 4 is 56.4 Å². The first-order valence-corrected chi connectivity index (χ1v) is 10.4. The summed E-state index contributed by atoms with van der Waals surface area (Å²) in [7, 11) is 1.55. The predicted molar refractivity (Wildman–Crippen MR) is 112 cm³/mol. The number of nitrogens with zero attached hydrogens (tertiary/aromatic N) is 2. The molecule has 0 atom stereocenters. The van der Waals surface area contributed by atoms with Crippen LogP contribution in [0.25, 0.3) is 20.9 Å². The first-order chi connectivity index (χ1) is 13.7. The van der Waals surface area contributed by atoms with Gasteiger partial charge in [-0.3, -0.25) is 4.79 Å². The number of thioether (sulfide) groups is 1. The molecule has 0 aliphatic heterocycles. The molecule has 0 fully saturated rings. The number of thiophene rings is 1. The molecule has 0 radical (unpaired) electrons. The van der Waals surface area contributed by atoms with E-state index in [9.17, 15) is 4.79 Å². The summed E-state index contributed by atoms with van der Waals surface area (Å²) in [5.41, 5.74) is 0.610. The summed E-state index contributed by atoms with van der Waals surface area (Å²) in [6, 6.07) is 15.0. The fraction of sp³-hybridized carbons (Fsp3) is 0.105. The minimum Gasteiger partial charge on any atom is -0.495 e. The Balaban J connectivity index is 1.43. The zero-order valence-electron chi connectivity index (χ0n) is 14.6. The number of methoxy groups -OCH3 is 1. The number of hydrogen-bond donors (Lipinski definition) is 1. The Hall–Kier alpha value is -2.55. The lowest BCUT2D eigenvalue weighted by atomic mass is 10.2. The second-order valence-electron chi connectivity index (χ2n) is 5.65. The van der Waals surface area contributed by atoms with Crippen molar-refractivity contribution in [1.29, 1.82) is 0 Å². The van der Waals surface area contributed by atoms with Gasteiger partial charge in [0.25, 0.3) is 11.1 Å². The van der Waals surface area contributed by atoms with Gasteiger partial charge >= 0.3 is 0 Å². The number of nitrogens with one attached hydrogen (secondary N) is 1. The van der Waals surface area contributed by atoms with Crippen LogP contribution in [0, 0.1) is 0 Å². The number of para-hydroxylation sites is 2. The molecule has 4 aromatic rings. The van der Waals surface area contributed by atoms with Crippen LogP contribution in [0.4, 0.5) is 5.69 Å². The van der Waals surface area contributed by atoms with E-state index in [-0.39, 0.29) is 11.7 Å². The minimum atomic E-state index is -0.200. The van der Waals surface area contributed by atoms with Crippen molar-refractivity contribution in [3.63, 3.8) is 0 Å². The van der Waals surface area contributed by atoms with Crippen LogP contribution in [-0.4, -0.2) is 29.0 Å². The van der Waals surface area contributed by atoms with E-state index in [4.69, 9.17) is 20.8 Å².